The molecule has 0 saturated carbocycles. The molecule has 8 heteroatoms. The molecule has 0 aliphatic carbocycles. The van der Waals surface area contributed by atoms with Crippen LogP contribution < -0.4 is 0 Å². The maximum Gasteiger partial charge on any atom is 0.410 e. The standard InChI is InChI=1S/C27H33NO7/c1-27(2,3)35-24(29)14-15-32-22-16-23(25(30)33-18-20-10-6-4-7-11-20)28(17-22)26(31)34-19-21-12-8-5-9-13-21/h4-13,22-23H,14-19H2,1-3H3/t22-,23-/m0/s1. The van der Waals surface area contributed by atoms with Crippen molar-refractivity contribution in [1.82, 2.24) is 4.90 Å². The normalized spacial score (nSPS) is 17.6. The van der Waals surface area contributed by atoms with Gasteiger partial charge in [-0.25, -0.2) is 9.59 Å². The first-order chi connectivity index (χ1) is 16.7. The van der Waals surface area contributed by atoms with E-state index in [2.05, 4.69) is 0 Å². The minimum Gasteiger partial charge on any atom is -0.460 e. The quantitative estimate of drug-likeness (QED) is 0.389. The summed E-state index contributed by atoms with van der Waals surface area (Å²) < 4.78 is 22.0. The highest BCUT2D eigenvalue weighted by molar-refractivity contribution is 5.82. The molecule has 2 aromatic rings. The number of ether oxygens (including phenoxy) is 4. The zero-order chi connectivity index (χ0) is 25.3. The number of hydrogen-bond donors (Lipinski definition) is 0. The van der Waals surface area contributed by atoms with Gasteiger partial charge in [-0.1, -0.05) is 60.7 Å². The average Bonchev–Trinajstić information content (AvgIpc) is 3.25. The fraction of sp³-hybridized carbons (Fsp3) is 0.444. The molecule has 2 aromatic carbocycles. The molecule has 0 N–H and O–H groups in total. The van der Waals surface area contributed by atoms with Crippen LogP contribution in [0.15, 0.2) is 60.7 Å². The van der Waals surface area contributed by atoms with Gasteiger partial charge < -0.3 is 18.9 Å². The van der Waals surface area contributed by atoms with Crippen molar-refractivity contribution >= 4 is 18.0 Å². The number of amides is 1. The van der Waals surface area contributed by atoms with E-state index in [1.54, 1.807) is 20.8 Å². The summed E-state index contributed by atoms with van der Waals surface area (Å²) in [6.45, 7) is 5.87. The minimum absolute atomic E-state index is 0.0787. The van der Waals surface area contributed by atoms with Crippen LogP contribution in [0.4, 0.5) is 4.79 Å². The van der Waals surface area contributed by atoms with Crippen molar-refractivity contribution in [2.24, 2.45) is 0 Å². The lowest BCUT2D eigenvalue weighted by Gasteiger charge is -2.22. The predicted octanol–water partition coefficient (Wildman–Crippen LogP) is 4.26. The molecule has 0 bridgehead atoms. The van der Waals surface area contributed by atoms with Crippen LogP contribution >= 0.6 is 0 Å². The van der Waals surface area contributed by atoms with Gasteiger partial charge in [-0.15, -0.1) is 0 Å². The summed E-state index contributed by atoms with van der Waals surface area (Å²) in [5.41, 5.74) is 1.12. The van der Waals surface area contributed by atoms with Crippen molar-refractivity contribution < 1.29 is 33.3 Å². The molecule has 1 aliphatic rings. The van der Waals surface area contributed by atoms with Crippen molar-refractivity contribution in [2.75, 3.05) is 13.2 Å². The second-order valence-electron chi connectivity index (χ2n) is 9.37. The summed E-state index contributed by atoms with van der Waals surface area (Å²) in [5, 5.41) is 0. The summed E-state index contributed by atoms with van der Waals surface area (Å²) in [6.07, 6.45) is -0.720. The summed E-state index contributed by atoms with van der Waals surface area (Å²) in [5.74, 6) is -0.891. The van der Waals surface area contributed by atoms with Gasteiger partial charge in [0.15, 0.2) is 0 Å². The molecule has 0 radical (unpaired) electrons. The monoisotopic (exact) mass is 483 g/mol. The second kappa shape index (κ2) is 12.4. The first kappa shape index (κ1) is 26.2. The maximum absolute atomic E-state index is 12.9. The van der Waals surface area contributed by atoms with E-state index in [0.29, 0.717) is 0 Å². The fourth-order valence-corrected chi connectivity index (χ4v) is 3.67. The largest absolute Gasteiger partial charge is 0.460 e. The number of likely N-dealkylation sites (tertiary alicyclic amines) is 1. The Labute approximate surface area is 206 Å². The van der Waals surface area contributed by atoms with Crippen molar-refractivity contribution in [1.29, 1.82) is 0 Å². The fourth-order valence-electron chi connectivity index (χ4n) is 3.67. The third kappa shape index (κ3) is 8.72. The van der Waals surface area contributed by atoms with E-state index in [0.717, 1.165) is 11.1 Å². The summed E-state index contributed by atoms with van der Waals surface area (Å²) in [6, 6.07) is 17.8. The summed E-state index contributed by atoms with van der Waals surface area (Å²) >= 11 is 0. The Morgan fingerprint density at radius 3 is 2.03 bits per heavy atom. The molecule has 1 amide bonds. The van der Waals surface area contributed by atoms with Gasteiger partial charge in [0.25, 0.3) is 0 Å². The van der Waals surface area contributed by atoms with Crippen LogP contribution in [0.2, 0.25) is 0 Å². The molecule has 1 aliphatic heterocycles. The number of nitrogens with zero attached hydrogens (tertiary/aromatic N) is 1. The molecule has 2 atom stereocenters. The van der Waals surface area contributed by atoms with Crippen LogP contribution in [0, 0.1) is 0 Å². The summed E-state index contributed by atoms with van der Waals surface area (Å²) in [4.78, 5) is 39.0. The Hall–Kier alpha value is -3.39. The number of benzene rings is 2. The third-order valence-corrected chi connectivity index (χ3v) is 5.28. The first-order valence-electron chi connectivity index (χ1n) is 11.7. The molecular formula is C27H33NO7. The van der Waals surface area contributed by atoms with E-state index < -0.39 is 29.8 Å². The van der Waals surface area contributed by atoms with E-state index in [-0.39, 0.29) is 45.2 Å². The zero-order valence-electron chi connectivity index (χ0n) is 20.5. The average molecular weight is 484 g/mol. The van der Waals surface area contributed by atoms with Gasteiger partial charge >= 0.3 is 18.0 Å². The second-order valence-corrected chi connectivity index (χ2v) is 9.37. The molecule has 0 spiro atoms. The van der Waals surface area contributed by atoms with E-state index in [1.165, 1.54) is 4.90 Å². The van der Waals surface area contributed by atoms with Gasteiger partial charge in [-0.3, -0.25) is 9.69 Å². The molecule has 1 saturated heterocycles. The van der Waals surface area contributed by atoms with E-state index >= 15 is 0 Å². The molecule has 1 heterocycles. The minimum atomic E-state index is -0.839. The van der Waals surface area contributed by atoms with Gasteiger partial charge in [0.2, 0.25) is 0 Å². The van der Waals surface area contributed by atoms with Crippen LogP contribution in [0.25, 0.3) is 0 Å². The van der Waals surface area contributed by atoms with E-state index in [4.69, 9.17) is 18.9 Å². The smallest absolute Gasteiger partial charge is 0.410 e. The topological polar surface area (TPSA) is 91.4 Å². The van der Waals surface area contributed by atoms with Crippen LogP contribution in [-0.4, -0.2) is 53.8 Å². The number of hydrogen-bond acceptors (Lipinski definition) is 7. The van der Waals surface area contributed by atoms with Gasteiger partial charge in [0, 0.05) is 6.42 Å². The lowest BCUT2D eigenvalue weighted by atomic mass is 10.2. The Balaban J connectivity index is 1.58. The van der Waals surface area contributed by atoms with Gasteiger partial charge in [-0.05, 0) is 31.9 Å². The highest BCUT2D eigenvalue weighted by atomic mass is 16.6. The number of carbonyl (C=O) groups excluding carboxylic acids is 3. The first-order valence-corrected chi connectivity index (χ1v) is 11.7. The molecule has 3 rings (SSSR count). The number of carbonyl (C=O) groups is 3. The van der Waals surface area contributed by atoms with Crippen molar-refractivity contribution in [3.63, 3.8) is 0 Å². The molecule has 8 nitrogen and oxygen atoms in total. The van der Waals surface area contributed by atoms with E-state index in [1.807, 2.05) is 60.7 Å². The van der Waals surface area contributed by atoms with Crippen LogP contribution in [0.5, 0.6) is 0 Å². The molecule has 0 unspecified atom stereocenters. The maximum atomic E-state index is 12.9. The van der Waals surface area contributed by atoms with Crippen LogP contribution in [0.1, 0.15) is 44.7 Å². The van der Waals surface area contributed by atoms with Crippen LogP contribution in [0.3, 0.4) is 0 Å². The van der Waals surface area contributed by atoms with Crippen molar-refractivity contribution in [3.8, 4) is 0 Å². The highest BCUT2D eigenvalue weighted by Crippen LogP contribution is 2.24. The van der Waals surface area contributed by atoms with Crippen LogP contribution in [-0.2, 0) is 41.8 Å². The van der Waals surface area contributed by atoms with Gasteiger partial charge in [0.1, 0.15) is 24.9 Å². The lowest BCUT2D eigenvalue weighted by molar-refractivity contribution is -0.156. The number of esters is 2. The van der Waals surface area contributed by atoms with Crippen molar-refractivity contribution in [2.45, 2.75) is 64.6 Å². The highest BCUT2D eigenvalue weighted by Gasteiger charge is 2.42. The zero-order valence-corrected chi connectivity index (χ0v) is 20.5. The Morgan fingerprint density at radius 2 is 1.46 bits per heavy atom. The Bertz CT molecular complexity index is 909. The molecular weight excluding hydrogens is 450 g/mol. The van der Waals surface area contributed by atoms with Gasteiger partial charge in [-0.2, -0.15) is 0 Å². The number of rotatable bonds is 9. The SMILES string of the molecule is CC(C)(C)OC(=O)CCO[C@H]1C[C@@H](C(=O)OCc2ccccc2)N(C(=O)OCc2ccccc2)C1. The predicted molar refractivity (Wildman–Crippen MR) is 128 cm³/mol. The Morgan fingerprint density at radius 1 is 0.886 bits per heavy atom. The van der Waals surface area contributed by atoms with E-state index in [9.17, 15) is 14.4 Å². The molecule has 0 aromatic heterocycles. The molecule has 1 fully saturated rings. The molecule has 188 valence electrons. The lowest BCUT2D eigenvalue weighted by Crippen LogP contribution is -2.41. The Kier molecular flexibility index (Phi) is 9.25. The molecule has 35 heavy (non-hydrogen) atoms. The summed E-state index contributed by atoms with van der Waals surface area (Å²) in [7, 11) is 0. The van der Waals surface area contributed by atoms with Crippen molar-refractivity contribution in [3.05, 3.63) is 71.8 Å². The third-order valence-electron chi connectivity index (χ3n) is 5.28. The van der Waals surface area contributed by atoms with Gasteiger partial charge in [0.05, 0.1) is 25.7 Å².